The number of ether oxygens (including phenoxy) is 1. The van der Waals surface area contributed by atoms with Crippen LogP contribution < -0.4 is 5.32 Å². The summed E-state index contributed by atoms with van der Waals surface area (Å²) in [6.07, 6.45) is 5.18. The Morgan fingerprint density at radius 3 is 2.69 bits per heavy atom. The van der Waals surface area contributed by atoms with E-state index >= 15 is 0 Å². The van der Waals surface area contributed by atoms with Crippen molar-refractivity contribution in [1.82, 2.24) is 5.32 Å². The van der Waals surface area contributed by atoms with Crippen molar-refractivity contribution in [3.05, 3.63) is 23.8 Å². The van der Waals surface area contributed by atoms with Crippen LogP contribution in [0, 0.1) is 22.7 Å². The molecule has 1 aliphatic heterocycles. The van der Waals surface area contributed by atoms with Gasteiger partial charge in [-0.15, -0.1) is 0 Å². The minimum absolute atomic E-state index is 0.0324. The second kappa shape index (κ2) is 7.10. The van der Waals surface area contributed by atoms with Gasteiger partial charge in [-0.2, -0.15) is 0 Å². The molecule has 6 atom stereocenters. The predicted molar refractivity (Wildman–Crippen MR) is 100 cm³/mol. The molecule has 3 rings (SSSR count). The third kappa shape index (κ3) is 3.04. The minimum atomic E-state index is -0.814. The van der Waals surface area contributed by atoms with Gasteiger partial charge in [0, 0.05) is 12.0 Å². The number of aliphatic hydroxyl groups excluding tert-OH is 2. The second-order valence-corrected chi connectivity index (χ2v) is 8.91. The second-order valence-electron chi connectivity index (χ2n) is 8.91. The largest absolute Gasteiger partial charge is 0.459 e. The van der Waals surface area contributed by atoms with E-state index in [1.165, 1.54) is 5.57 Å². The fraction of sp³-hybridized carbons (Fsp3) is 0.762. The first-order valence-electron chi connectivity index (χ1n) is 9.79. The average molecular weight is 363 g/mol. The van der Waals surface area contributed by atoms with Crippen LogP contribution in [0.25, 0.3) is 0 Å². The molecular weight excluding hydrogens is 330 g/mol. The molecule has 3 N–H and O–H groups in total. The zero-order valence-electron chi connectivity index (χ0n) is 16.3. The van der Waals surface area contributed by atoms with E-state index in [-0.39, 0.29) is 29.5 Å². The number of esters is 1. The molecule has 2 saturated carbocycles. The Balaban J connectivity index is 1.89. The van der Waals surface area contributed by atoms with E-state index in [2.05, 4.69) is 25.7 Å². The van der Waals surface area contributed by atoms with Crippen molar-refractivity contribution >= 4 is 5.97 Å². The number of cyclic esters (lactones) is 1. The molecule has 0 aromatic carbocycles. The summed E-state index contributed by atoms with van der Waals surface area (Å²) >= 11 is 0. The number of nitrogens with one attached hydrogen (secondary N) is 1. The number of allylic oxidation sites excluding steroid dienone is 2. The van der Waals surface area contributed by atoms with Crippen molar-refractivity contribution in [3.8, 4) is 0 Å². The van der Waals surface area contributed by atoms with Gasteiger partial charge in [-0.25, -0.2) is 4.79 Å². The van der Waals surface area contributed by atoms with Gasteiger partial charge in [0.15, 0.2) is 0 Å². The molecule has 26 heavy (non-hydrogen) atoms. The molecule has 0 spiro atoms. The van der Waals surface area contributed by atoms with Crippen molar-refractivity contribution in [2.75, 3.05) is 20.2 Å². The van der Waals surface area contributed by atoms with Crippen LogP contribution in [0.4, 0.5) is 0 Å². The highest BCUT2D eigenvalue weighted by molar-refractivity contribution is 5.91. The minimum Gasteiger partial charge on any atom is -0.459 e. The first kappa shape index (κ1) is 19.6. The normalized spacial score (nSPS) is 44.9. The van der Waals surface area contributed by atoms with Crippen LogP contribution in [0.1, 0.15) is 46.0 Å². The molecule has 5 nitrogen and oxygen atoms in total. The van der Waals surface area contributed by atoms with Crippen LogP contribution >= 0.6 is 0 Å². The fourth-order valence-corrected chi connectivity index (χ4v) is 5.97. The quantitative estimate of drug-likeness (QED) is 0.405. The molecule has 3 aliphatic rings. The summed E-state index contributed by atoms with van der Waals surface area (Å²) in [7, 11) is 1.95. The SMILES string of the molecule is C=C1CCC2[C@](C)(CNC)C(O)CC[C@]2(C)[C@@H]1C/C=C1/C(=O)OCC1O. The van der Waals surface area contributed by atoms with Gasteiger partial charge >= 0.3 is 5.97 Å². The maximum Gasteiger partial charge on any atom is 0.336 e. The van der Waals surface area contributed by atoms with E-state index in [0.717, 1.165) is 32.2 Å². The van der Waals surface area contributed by atoms with Gasteiger partial charge in [-0.05, 0) is 56.4 Å². The monoisotopic (exact) mass is 363 g/mol. The van der Waals surface area contributed by atoms with E-state index in [1.807, 2.05) is 13.1 Å². The molecular formula is C21H33NO4. The number of hydrogen-bond acceptors (Lipinski definition) is 5. The lowest BCUT2D eigenvalue weighted by Gasteiger charge is -2.60. The summed E-state index contributed by atoms with van der Waals surface area (Å²) in [5.74, 6) is 0.235. The summed E-state index contributed by atoms with van der Waals surface area (Å²) < 4.78 is 4.93. The molecule has 2 aliphatic carbocycles. The van der Waals surface area contributed by atoms with Gasteiger partial charge in [0.1, 0.15) is 12.7 Å². The number of carbonyl (C=O) groups is 1. The molecule has 0 radical (unpaired) electrons. The van der Waals surface area contributed by atoms with Gasteiger partial charge < -0.3 is 20.3 Å². The molecule has 0 amide bonds. The van der Waals surface area contributed by atoms with E-state index in [4.69, 9.17) is 4.74 Å². The van der Waals surface area contributed by atoms with Gasteiger partial charge in [0.25, 0.3) is 0 Å². The number of aliphatic hydroxyl groups is 2. The molecule has 5 heteroatoms. The van der Waals surface area contributed by atoms with Gasteiger partial charge in [-0.1, -0.05) is 32.1 Å². The smallest absolute Gasteiger partial charge is 0.336 e. The van der Waals surface area contributed by atoms with Gasteiger partial charge in [0.2, 0.25) is 0 Å². The highest BCUT2D eigenvalue weighted by Gasteiger charge is 2.57. The summed E-state index contributed by atoms with van der Waals surface area (Å²) in [6.45, 7) is 9.73. The maximum atomic E-state index is 11.8. The van der Waals surface area contributed by atoms with Crippen LogP contribution in [-0.2, 0) is 9.53 Å². The highest BCUT2D eigenvalue weighted by Crippen LogP contribution is 2.61. The third-order valence-corrected chi connectivity index (χ3v) is 7.45. The molecule has 1 heterocycles. The standard InChI is InChI=1S/C21H33NO4/c1-13-5-8-17-20(2,10-9-18(24)21(17,3)12-22-4)15(13)7-6-14-16(23)11-26-19(14)25/h6,15-18,22-24H,1,5,7-12H2,2-4H3/b14-6+/t15-,16?,17?,18?,20-,21+/m1/s1. The van der Waals surface area contributed by atoms with Crippen LogP contribution in [0.5, 0.6) is 0 Å². The maximum absolute atomic E-state index is 11.8. The molecule has 0 bridgehead atoms. The van der Waals surface area contributed by atoms with E-state index in [9.17, 15) is 15.0 Å². The Hall–Kier alpha value is -1.17. The Morgan fingerprint density at radius 2 is 2.08 bits per heavy atom. The lowest BCUT2D eigenvalue weighted by Crippen LogP contribution is -2.58. The van der Waals surface area contributed by atoms with Crippen molar-refractivity contribution in [2.45, 2.75) is 58.2 Å². The molecule has 1 saturated heterocycles. The molecule has 3 unspecified atom stereocenters. The van der Waals surface area contributed by atoms with Crippen molar-refractivity contribution < 1.29 is 19.7 Å². The molecule has 0 aromatic heterocycles. The van der Waals surface area contributed by atoms with Crippen molar-refractivity contribution in [1.29, 1.82) is 0 Å². The lowest BCUT2D eigenvalue weighted by molar-refractivity contribution is -0.135. The van der Waals surface area contributed by atoms with Crippen LogP contribution in [0.2, 0.25) is 0 Å². The van der Waals surface area contributed by atoms with Gasteiger partial charge in [0.05, 0.1) is 11.7 Å². The van der Waals surface area contributed by atoms with Crippen molar-refractivity contribution in [2.24, 2.45) is 22.7 Å². The number of fused-ring (bicyclic) bond motifs is 1. The highest BCUT2D eigenvalue weighted by atomic mass is 16.6. The number of carbonyl (C=O) groups excluding carboxylic acids is 1. The first-order chi connectivity index (χ1) is 12.2. The van der Waals surface area contributed by atoms with Crippen LogP contribution in [-0.4, -0.2) is 48.6 Å². The Morgan fingerprint density at radius 1 is 1.35 bits per heavy atom. The van der Waals surface area contributed by atoms with Crippen LogP contribution in [0.3, 0.4) is 0 Å². The zero-order valence-corrected chi connectivity index (χ0v) is 16.3. The predicted octanol–water partition coefficient (Wildman–Crippen LogP) is 2.19. The topological polar surface area (TPSA) is 78.8 Å². The Labute approximate surface area is 156 Å². The first-order valence-corrected chi connectivity index (χ1v) is 9.79. The lowest BCUT2D eigenvalue weighted by atomic mass is 9.46. The molecule has 3 fully saturated rings. The summed E-state index contributed by atoms with van der Waals surface area (Å²) in [5, 5.41) is 24.0. The average Bonchev–Trinajstić information content (AvgIpc) is 2.90. The van der Waals surface area contributed by atoms with Crippen LogP contribution in [0.15, 0.2) is 23.8 Å². The van der Waals surface area contributed by atoms with E-state index in [0.29, 0.717) is 17.9 Å². The Kier molecular flexibility index (Phi) is 5.35. The number of hydrogen-bond donors (Lipinski definition) is 3. The summed E-state index contributed by atoms with van der Waals surface area (Å²) in [5.41, 5.74) is 1.48. The van der Waals surface area contributed by atoms with E-state index < -0.39 is 12.1 Å². The summed E-state index contributed by atoms with van der Waals surface area (Å²) in [6, 6.07) is 0. The molecule has 0 aromatic rings. The fourth-order valence-electron chi connectivity index (χ4n) is 5.97. The summed E-state index contributed by atoms with van der Waals surface area (Å²) in [4.78, 5) is 11.8. The number of rotatable bonds is 4. The van der Waals surface area contributed by atoms with Gasteiger partial charge in [-0.3, -0.25) is 0 Å². The third-order valence-electron chi connectivity index (χ3n) is 7.45. The molecule has 146 valence electrons. The van der Waals surface area contributed by atoms with E-state index in [1.54, 1.807) is 0 Å². The van der Waals surface area contributed by atoms with Crippen molar-refractivity contribution in [3.63, 3.8) is 0 Å². The zero-order chi connectivity index (χ0) is 19.1. The Bertz CT molecular complexity index is 615.